The summed E-state index contributed by atoms with van der Waals surface area (Å²) in [6, 6.07) is 32.7. The van der Waals surface area contributed by atoms with Crippen molar-refractivity contribution >= 4 is 9.52 Å². The van der Waals surface area contributed by atoms with E-state index in [0.717, 1.165) is 9.52 Å². The van der Waals surface area contributed by atoms with Gasteiger partial charge in [0.05, 0.1) is 0 Å². The first-order valence-electron chi connectivity index (χ1n) is 12.5. The van der Waals surface area contributed by atoms with E-state index in [0.29, 0.717) is 7.35 Å². The van der Waals surface area contributed by atoms with E-state index in [9.17, 15) is 0 Å². The summed E-state index contributed by atoms with van der Waals surface area (Å²) in [4.78, 5) is 0. The second kappa shape index (κ2) is 9.20. The van der Waals surface area contributed by atoms with E-state index in [1.165, 1.54) is 33.4 Å². The number of hydrogen-bond donors (Lipinski definition) is 0. The van der Waals surface area contributed by atoms with Crippen LogP contribution in [-0.2, 0) is 20.0 Å². The fourth-order valence-corrected chi connectivity index (χ4v) is 22.7. The predicted octanol–water partition coefficient (Wildman–Crippen LogP) is 8.91. The number of hydrogen-bond acceptors (Lipinski definition) is 0. The van der Waals surface area contributed by atoms with Gasteiger partial charge >= 0.3 is 191 Å². The standard InChI is InChI=1S/2C14H11.C2H7Si.2CH3.Hf/c2*1-10-6-7-14-12(8-10)9-11-4-2-3-5-13(11)14;1-3-2;;;/h2*2-9H,1H3;3H,1-2H3;2*1H3;. The molecule has 4 aromatic rings. The molecule has 2 aliphatic carbocycles. The van der Waals surface area contributed by atoms with Gasteiger partial charge in [-0.3, -0.25) is 0 Å². The summed E-state index contributed by atoms with van der Waals surface area (Å²) < 4.78 is 6.60. The quantitative estimate of drug-likeness (QED) is 0.195. The molecule has 0 saturated carbocycles. The third kappa shape index (κ3) is 3.74. The molecule has 0 heterocycles. The van der Waals surface area contributed by atoms with E-state index in [2.05, 4.69) is 121 Å². The molecule has 0 spiro atoms. The zero-order valence-corrected chi connectivity index (χ0v) is 26.1. The van der Waals surface area contributed by atoms with Gasteiger partial charge < -0.3 is 0 Å². The SMILES string of the molecule is C[SiH]C.Cc1ccc2c(c1)[CH]([Hf]([CH3])([CH3])[CH]1c3ccccc3-c3ccc(C)cc31)c1ccccc1-2. The molecule has 4 aromatic carbocycles. The van der Waals surface area contributed by atoms with Crippen LogP contribution < -0.4 is 0 Å². The predicted molar refractivity (Wildman–Crippen MR) is 148 cm³/mol. The van der Waals surface area contributed by atoms with Gasteiger partial charge in [-0.15, -0.1) is 0 Å². The van der Waals surface area contributed by atoms with Crippen LogP contribution in [0, 0.1) is 13.8 Å². The molecule has 0 bridgehead atoms. The van der Waals surface area contributed by atoms with E-state index >= 15 is 0 Å². The Morgan fingerprint density at radius 3 is 1.29 bits per heavy atom. The Morgan fingerprint density at radius 1 is 0.529 bits per heavy atom. The molecule has 1 radical (unpaired) electrons. The maximum absolute atomic E-state index is 3.03. The van der Waals surface area contributed by atoms with Crippen LogP contribution in [-0.4, -0.2) is 9.52 Å². The van der Waals surface area contributed by atoms with E-state index < -0.39 is 20.0 Å². The van der Waals surface area contributed by atoms with Gasteiger partial charge in [-0.2, -0.15) is 0 Å². The number of rotatable bonds is 2. The first-order valence-corrected chi connectivity index (χ1v) is 26.2. The normalized spacial score (nSPS) is 17.2. The molecule has 2 aliphatic rings. The van der Waals surface area contributed by atoms with Gasteiger partial charge in [0.2, 0.25) is 0 Å². The van der Waals surface area contributed by atoms with Gasteiger partial charge in [0.1, 0.15) is 0 Å². The molecular weight excluding hydrogens is 591 g/mol. The molecule has 0 saturated heterocycles. The van der Waals surface area contributed by atoms with E-state index in [1.54, 1.807) is 22.3 Å². The molecule has 2 atom stereocenters. The van der Waals surface area contributed by atoms with Crippen molar-refractivity contribution in [1.82, 2.24) is 0 Å². The molecule has 34 heavy (non-hydrogen) atoms. The van der Waals surface area contributed by atoms with Crippen molar-refractivity contribution in [2.24, 2.45) is 0 Å². The van der Waals surface area contributed by atoms with Gasteiger partial charge in [0, 0.05) is 9.52 Å². The molecule has 0 nitrogen and oxygen atoms in total. The number of fused-ring (bicyclic) bond motifs is 6. The number of benzene rings is 4. The molecule has 2 heteroatoms. The van der Waals surface area contributed by atoms with Crippen LogP contribution in [0.25, 0.3) is 22.3 Å². The van der Waals surface area contributed by atoms with Crippen molar-refractivity contribution in [3.63, 3.8) is 0 Å². The summed E-state index contributed by atoms with van der Waals surface area (Å²) in [6.45, 7) is 8.90. The van der Waals surface area contributed by atoms with Gasteiger partial charge in [0.15, 0.2) is 0 Å². The van der Waals surface area contributed by atoms with Crippen LogP contribution >= 0.6 is 0 Å². The second-order valence-electron chi connectivity index (χ2n) is 10.6. The average Bonchev–Trinajstić information content (AvgIpc) is 3.32. The third-order valence-electron chi connectivity index (χ3n) is 7.65. The Balaban J connectivity index is 0.000000764. The zero-order valence-electron chi connectivity index (χ0n) is 21.3. The van der Waals surface area contributed by atoms with E-state index in [-0.39, 0.29) is 0 Å². The first kappa shape index (κ1) is 23.7. The Bertz CT molecular complexity index is 1260. The minimum absolute atomic E-state index is 0.586. The molecule has 6 rings (SSSR count). The third-order valence-corrected chi connectivity index (χ3v) is 22.8. The molecule has 0 aliphatic heterocycles. The van der Waals surface area contributed by atoms with Crippen LogP contribution in [0.1, 0.15) is 40.7 Å². The summed E-state index contributed by atoms with van der Waals surface area (Å²) in [5, 5.41) is 0. The Labute approximate surface area is 212 Å². The summed E-state index contributed by atoms with van der Waals surface area (Å²) in [6.07, 6.45) is 0. The number of aryl methyl sites for hydroxylation is 2. The topological polar surface area (TPSA) is 0 Å². The summed E-state index contributed by atoms with van der Waals surface area (Å²) in [5.74, 6) is 0. The van der Waals surface area contributed by atoms with Gasteiger partial charge in [-0.25, -0.2) is 0 Å². The van der Waals surface area contributed by atoms with Crippen LogP contribution in [0.3, 0.4) is 0 Å². The molecule has 171 valence electrons. The second-order valence-corrected chi connectivity index (χ2v) is 29.0. The van der Waals surface area contributed by atoms with Crippen molar-refractivity contribution in [1.29, 1.82) is 0 Å². The van der Waals surface area contributed by atoms with Gasteiger partial charge in [0.25, 0.3) is 0 Å². The van der Waals surface area contributed by atoms with Crippen molar-refractivity contribution in [3.8, 4) is 22.3 Å². The van der Waals surface area contributed by atoms with Crippen LogP contribution in [0.4, 0.5) is 0 Å². The van der Waals surface area contributed by atoms with E-state index in [4.69, 9.17) is 0 Å². The van der Waals surface area contributed by atoms with Gasteiger partial charge in [-0.05, 0) is 0 Å². The average molecular weight is 626 g/mol. The molecular formula is C32H35HfSi. The van der Waals surface area contributed by atoms with Crippen molar-refractivity contribution < 1.29 is 20.0 Å². The fraction of sp³-hybridized carbons (Fsp3) is 0.250. The summed E-state index contributed by atoms with van der Waals surface area (Å²) in [7, 11) is 0.750. The van der Waals surface area contributed by atoms with Crippen molar-refractivity contribution in [2.45, 2.75) is 43.7 Å². The van der Waals surface area contributed by atoms with E-state index in [1.807, 2.05) is 0 Å². The van der Waals surface area contributed by atoms with Crippen LogP contribution in [0.2, 0.25) is 22.5 Å². The van der Waals surface area contributed by atoms with Crippen molar-refractivity contribution in [3.05, 3.63) is 118 Å². The molecule has 0 fully saturated rings. The Morgan fingerprint density at radius 2 is 0.882 bits per heavy atom. The van der Waals surface area contributed by atoms with Crippen LogP contribution in [0.5, 0.6) is 0 Å². The summed E-state index contributed by atoms with van der Waals surface area (Å²) >= 11 is -3.03. The minimum atomic E-state index is -3.03. The molecule has 0 aromatic heterocycles. The first-order chi connectivity index (χ1) is 16.4. The van der Waals surface area contributed by atoms with Gasteiger partial charge in [-0.1, -0.05) is 13.1 Å². The van der Waals surface area contributed by atoms with Crippen molar-refractivity contribution in [2.75, 3.05) is 0 Å². The molecule has 0 amide bonds. The Hall–Kier alpha value is -2.03. The van der Waals surface area contributed by atoms with Crippen LogP contribution in [0.15, 0.2) is 84.9 Å². The monoisotopic (exact) mass is 627 g/mol. The maximum atomic E-state index is 2.71. The molecule has 0 N–H and O–H groups in total. The fourth-order valence-electron chi connectivity index (χ4n) is 6.43. The summed E-state index contributed by atoms with van der Waals surface area (Å²) in [5.41, 5.74) is 15.0. The Kier molecular flexibility index (Phi) is 6.41. The molecule has 2 unspecified atom stereocenters. The zero-order chi connectivity index (χ0) is 24.0.